The summed E-state index contributed by atoms with van der Waals surface area (Å²) in [5.41, 5.74) is 1.35. The van der Waals surface area contributed by atoms with Crippen molar-refractivity contribution in [2.75, 3.05) is 0 Å². The van der Waals surface area contributed by atoms with Gasteiger partial charge in [0, 0.05) is 17.3 Å². The van der Waals surface area contributed by atoms with E-state index < -0.39 is 22.7 Å². The maximum absolute atomic E-state index is 12.9. The van der Waals surface area contributed by atoms with Gasteiger partial charge in [-0.25, -0.2) is 17.5 Å². The Morgan fingerprint density at radius 1 is 1.38 bits per heavy atom. The minimum atomic E-state index is -3.89. The van der Waals surface area contributed by atoms with E-state index in [1.807, 2.05) is 0 Å². The first-order valence-corrected chi connectivity index (χ1v) is 7.76. The average molecular weight is 313 g/mol. The molecule has 0 aliphatic heterocycles. The summed E-state index contributed by atoms with van der Waals surface area (Å²) in [5.74, 6) is -0.390. The monoisotopic (exact) mass is 313 g/mol. The molecule has 0 fully saturated rings. The maximum Gasteiger partial charge on any atom is 0.260 e. The maximum atomic E-state index is 12.9. The van der Waals surface area contributed by atoms with Crippen molar-refractivity contribution in [3.05, 3.63) is 46.9 Å². The molecule has 0 amide bonds. The third-order valence-electron chi connectivity index (χ3n) is 3.15. The molecule has 1 unspecified atom stereocenters. The van der Waals surface area contributed by atoms with Gasteiger partial charge in [-0.3, -0.25) is 5.10 Å². The van der Waals surface area contributed by atoms with Gasteiger partial charge >= 0.3 is 0 Å². The predicted octanol–water partition coefficient (Wildman–Crippen LogP) is 1.39. The van der Waals surface area contributed by atoms with Gasteiger partial charge in [-0.2, -0.15) is 5.10 Å². The lowest BCUT2D eigenvalue weighted by atomic mass is 10.1. The van der Waals surface area contributed by atoms with Crippen LogP contribution in [0.25, 0.3) is 0 Å². The molecule has 8 heteroatoms. The van der Waals surface area contributed by atoms with Gasteiger partial charge < -0.3 is 5.11 Å². The normalized spacial score (nSPS) is 13.3. The highest BCUT2D eigenvalue weighted by molar-refractivity contribution is 7.89. The van der Waals surface area contributed by atoms with Gasteiger partial charge in [-0.1, -0.05) is 12.1 Å². The van der Waals surface area contributed by atoms with E-state index in [4.69, 9.17) is 0 Å². The summed E-state index contributed by atoms with van der Waals surface area (Å²) in [6.45, 7) is 2.84. The Labute approximate surface area is 122 Å². The minimum Gasteiger partial charge on any atom is -0.392 e. The van der Waals surface area contributed by atoms with Crippen LogP contribution in [-0.4, -0.2) is 23.7 Å². The molecule has 0 aliphatic carbocycles. The Bertz CT molecular complexity index is 726. The quantitative estimate of drug-likeness (QED) is 0.777. The fourth-order valence-electron chi connectivity index (χ4n) is 1.95. The van der Waals surface area contributed by atoms with Crippen molar-refractivity contribution in [3.8, 4) is 0 Å². The lowest BCUT2D eigenvalue weighted by Gasteiger charge is -2.14. The number of aryl methyl sites for hydroxylation is 1. The highest BCUT2D eigenvalue weighted by atomic mass is 32.2. The van der Waals surface area contributed by atoms with Gasteiger partial charge in [0.25, 0.3) is 10.0 Å². The summed E-state index contributed by atoms with van der Waals surface area (Å²) >= 11 is 0. The molecule has 0 spiro atoms. The van der Waals surface area contributed by atoms with Crippen LogP contribution in [0.5, 0.6) is 0 Å². The van der Waals surface area contributed by atoms with Crippen LogP contribution >= 0.6 is 0 Å². The fraction of sp³-hybridized carbons (Fsp3) is 0.308. The van der Waals surface area contributed by atoms with E-state index in [9.17, 15) is 17.9 Å². The largest absolute Gasteiger partial charge is 0.392 e. The average Bonchev–Trinajstić information content (AvgIpc) is 2.80. The van der Waals surface area contributed by atoms with E-state index in [2.05, 4.69) is 14.9 Å². The molecule has 1 aromatic heterocycles. The molecule has 0 saturated heterocycles. The van der Waals surface area contributed by atoms with Gasteiger partial charge in [0.2, 0.25) is 0 Å². The zero-order valence-electron chi connectivity index (χ0n) is 11.6. The van der Waals surface area contributed by atoms with Crippen LogP contribution in [0.4, 0.5) is 4.39 Å². The topological polar surface area (TPSA) is 95.1 Å². The lowest BCUT2D eigenvalue weighted by Crippen LogP contribution is -2.28. The number of aromatic amines is 1. The molecule has 0 aliphatic rings. The molecule has 0 saturated carbocycles. The third kappa shape index (κ3) is 3.29. The number of halogens is 1. The number of hydrogen-bond acceptors (Lipinski definition) is 4. The molecule has 1 heterocycles. The Kier molecular flexibility index (Phi) is 4.40. The van der Waals surface area contributed by atoms with Crippen LogP contribution in [0.2, 0.25) is 0 Å². The Balaban J connectivity index is 2.26. The predicted molar refractivity (Wildman–Crippen MR) is 74.4 cm³/mol. The molecule has 2 rings (SSSR count). The second-order valence-corrected chi connectivity index (χ2v) is 6.31. The van der Waals surface area contributed by atoms with Crippen molar-refractivity contribution in [3.63, 3.8) is 0 Å². The van der Waals surface area contributed by atoms with Crippen LogP contribution in [0.15, 0.2) is 29.3 Å². The summed E-state index contributed by atoms with van der Waals surface area (Å²) in [4.78, 5) is 0. The smallest absolute Gasteiger partial charge is 0.260 e. The van der Waals surface area contributed by atoms with Crippen LogP contribution in [-0.2, 0) is 16.6 Å². The van der Waals surface area contributed by atoms with Gasteiger partial charge in [0.1, 0.15) is 5.82 Å². The standard InChI is InChI=1S/C13H16FN3O3S/c1-8(10-3-5-11(14)6-4-10)17-21(19,20)13-12(7-18)9(2)15-16-13/h3-6,8,17-18H,7H2,1-2H3,(H,15,16). The van der Waals surface area contributed by atoms with Gasteiger partial charge in [0.05, 0.1) is 6.61 Å². The highest BCUT2D eigenvalue weighted by Crippen LogP contribution is 2.20. The molecule has 21 heavy (non-hydrogen) atoms. The first-order valence-electron chi connectivity index (χ1n) is 6.27. The van der Waals surface area contributed by atoms with Crippen molar-refractivity contribution >= 4 is 10.0 Å². The van der Waals surface area contributed by atoms with Crippen molar-refractivity contribution in [1.82, 2.24) is 14.9 Å². The summed E-state index contributed by atoms with van der Waals surface area (Å²) in [7, 11) is -3.89. The first-order chi connectivity index (χ1) is 9.85. The number of nitrogens with zero attached hydrogens (tertiary/aromatic N) is 1. The molecular formula is C13H16FN3O3S. The summed E-state index contributed by atoms with van der Waals surface area (Å²) < 4.78 is 39.9. The zero-order valence-corrected chi connectivity index (χ0v) is 12.4. The van der Waals surface area contributed by atoms with Crippen molar-refractivity contribution in [2.45, 2.75) is 31.5 Å². The number of sulfonamides is 1. The molecule has 1 atom stereocenters. The highest BCUT2D eigenvalue weighted by Gasteiger charge is 2.25. The molecule has 6 nitrogen and oxygen atoms in total. The Morgan fingerprint density at radius 2 is 2.00 bits per heavy atom. The molecule has 2 aromatic rings. The number of benzene rings is 1. The zero-order chi connectivity index (χ0) is 15.6. The van der Waals surface area contributed by atoms with E-state index in [0.29, 0.717) is 11.3 Å². The number of nitrogens with one attached hydrogen (secondary N) is 2. The number of rotatable bonds is 5. The van der Waals surface area contributed by atoms with Gasteiger partial charge in [-0.05, 0) is 31.5 Å². The van der Waals surface area contributed by atoms with Gasteiger partial charge in [-0.15, -0.1) is 0 Å². The molecule has 0 radical (unpaired) electrons. The fourth-order valence-corrected chi connectivity index (χ4v) is 3.37. The molecule has 114 valence electrons. The lowest BCUT2D eigenvalue weighted by molar-refractivity contribution is 0.277. The van der Waals surface area contributed by atoms with E-state index in [0.717, 1.165) is 0 Å². The molecule has 3 N–H and O–H groups in total. The Hall–Kier alpha value is -1.77. The van der Waals surface area contributed by atoms with Crippen molar-refractivity contribution < 1.29 is 17.9 Å². The van der Waals surface area contributed by atoms with E-state index >= 15 is 0 Å². The summed E-state index contributed by atoms with van der Waals surface area (Å²) in [6.07, 6.45) is 0. The Morgan fingerprint density at radius 3 is 2.57 bits per heavy atom. The van der Waals surface area contributed by atoms with Crippen molar-refractivity contribution in [2.24, 2.45) is 0 Å². The van der Waals surface area contributed by atoms with Crippen LogP contribution in [0.1, 0.15) is 29.8 Å². The summed E-state index contributed by atoms with van der Waals surface area (Å²) in [5, 5.41) is 15.3. The number of hydrogen-bond donors (Lipinski definition) is 3. The van der Waals surface area contributed by atoms with Crippen LogP contribution in [0.3, 0.4) is 0 Å². The summed E-state index contributed by atoms with van der Waals surface area (Å²) in [6, 6.07) is 4.98. The number of aromatic nitrogens is 2. The third-order valence-corrected chi connectivity index (χ3v) is 4.66. The molecular weight excluding hydrogens is 297 g/mol. The van der Waals surface area contributed by atoms with Crippen LogP contribution in [0, 0.1) is 12.7 Å². The van der Waals surface area contributed by atoms with Crippen LogP contribution < -0.4 is 4.72 Å². The number of H-pyrrole nitrogens is 1. The van der Waals surface area contributed by atoms with Gasteiger partial charge in [0.15, 0.2) is 5.03 Å². The molecule has 1 aromatic carbocycles. The minimum absolute atomic E-state index is 0.225. The second-order valence-electron chi connectivity index (χ2n) is 4.68. The van der Waals surface area contributed by atoms with Crippen molar-refractivity contribution in [1.29, 1.82) is 0 Å². The van der Waals surface area contributed by atoms with E-state index in [1.54, 1.807) is 13.8 Å². The first kappa shape index (κ1) is 15.6. The number of aliphatic hydroxyl groups excluding tert-OH is 1. The SMILES string of the molecule is Cc1[nH]nc(S(=O)(=O)NC(C)c2ccc(F)cc2)c1CO. The number of aliphatic hydroxyl groups is 1. The second kappa shape index (κ2) is 5.92. The van der Waals surface area contributed by atoms with E-state index in [-0.39, 0.29) is 16.4 Å². The molecule has 0 bridgehead atoms. The van der Waals surface area contributed by atoms with E-state index in [1.165, 1.54) is 24.3 Å².